The first-order chi connectivity index (χ1) is 9.63. The Morgan fingerprint density at radius 3 is 2.15 bits per heavy atom. The van der Waals surface area contributed by atoms with Gasteiger partial charge in [0.2, 0.25) is 0 Å². The third-order valence-corrected chi connectivity index (χ3v) is 5.66. The topological polar surface area (TPSA) is 0 Å². The van der Waals surface area contributed by atoms with Gasteiger partial charge >= 0.3 is 0 Å². The summed E-state index contributed by atoms with van der Waals surface area (Å²) in [6.07, 6.45) is 12.3. The molecule has 1 atom stereocenters. The highest BCUT2D eigenvalue weighted by molar-refractivity contribution is 7.12. The normalized spacial score (nSPS) is 12.8. The van der Waals surface area contributed by atoms with Crippen LogP contribution in [0.25, 0.3) is 0 Å². The lowest BCUT2D eigenvalue weighted by atomic mass is 9.89. The van der Waals surface area contributed by atoms with Crippen LogP contribution in [0.3, 0.4) is 0 Å². The lowest BCUT2D eigenvalue weighted by Crippen LogP contribution is -2.06. The highest BCUT2D eigenvalue weighted by Crippen LogP contribution is 2.32. The zero-order valence-electron chi connectivity index (χ0n) is 14.3. The second kappa shape index (κ2) is 9.60. The van der Waals surface area contributed by atoms with Gasteiger partial charge in [0.15, 0.2) is 0 Å². The van der Waals surface area contributed by atoms with E-state index in [0.29, 0.717) is 0 Å². The van der Waals surface area contributed by atoms with Crippen molar-refractivity contribution in [2.75, 3.05) is 0 Å². The molecule has 0 fully saturated rings. The Hall–Kier alpha value is -0.300. The standard InChI is InChI=1S/C19H34S/c1-6-9-10-11-13-17(8-3)14-19-16(5)20-15(4)18(19)12-7-2/h17H,6-14H2,1-5H3. The maximum Gasteiger partial charge on any atom is 0.00519 e. The van der Waals surface area contributed by atoms with Gasteiger partial charge in [-0.3, -0.25) is 0 Å². The summed E-state index contributed by atoms with van der Waals surface area (Å²) in [4.78, 5) is 3.15. The quantitative estimate of drug-likeness (QED) is 0.414. The van der Waals surface area contributed by atoms with E-state index in [2.05, 4.69) is 34.6 Å². The van der Waals surface area contributed by atoms with E-state index in [4.69, 9.17) is 0 Å². The minimum atomic E-state index is 0.898. The first-order valence-electron chi connectivity index (χ1n) is 8.71. The molecule has 0 spiro atoms. The molecule has 1 heterocycles. The maximum absolute atomic E-state index is 2.37. The van der Waals surface area contributed by atoms with E-state index in [0.717, 1.165) is 5.92 Å². The molecule has 1 heteroatoms. The number of hydrogen-bond donors (Lipinski definition) is 0. The minimum absolute atomic E-state index is 0.898. The van der Waals surface area contributed by atoms with E-state index < -0.39 is 0 Å². The second-order valence-corrected chi connectivity index (χ2v) is 7.68. The van der Waals surface area contributed by atoms with Gasteiger partial charge in [-0.1, -0.05) is 65.7 Å². The predicted octanol–water partition coefficient (Wildman–Crippen LogP) is 6.86. The summed E-state index contributed by atoms with van der Waals surface area (Å²) in [6.45, 7) is 11.6. The molecule has 0 nitrogen and oxygen atoms in total. The van der Waals surface area contributed by atoms with Crippen LogP contribution in [0.15, 0.2) is 0 Å². The maximum atomic E-state index is 2.37. The highest BCUT2D eigenvalue weighted by Gasteiger charge is 2.16. The van der Waals surface area contributed by atoms with Crippen molar-refractivity contribution in [2.45, 2.75) is 92.4 Å². The average Bonchev–Trinajstić information content (AvgIpc) is 2.69. The molecule has 0 aliphatic heterocycles. The van der Waals surface area contributed by atoms with Crippen LogP contribution in [0, 0.1) is 19.8 Å². The Morgan fingerprint density at radius 1 is 0.850 bits per heavy atom. The first kappa shape index (κ1) is 17.8. The van der Waals surface area contributed by atoms with Gasteiger partial charge in [-0.2, -0.15) is 0 Å². The molecule has 1 aromatic heterocycles. The lowest BCUT2D eigenvalue weighted by molar-refractivity contribution is 0.438. The van der Waals surface area contributed by atoms with Crippen LogP contribution in [0.2, 0.25) is 0 Å². The van der Waals surface area contributed by atoms with Crippen LogP contribution >= 0.6 is 11.3 Å². The molecular weight excluding hydrogens is 260 g/mol. The molecule has 0 radical (unpaired) electrons. The van der Waals surface area contributed by atoms with Crippen molar-refractivity contribution in [1.82, 2.24) is 0 Å². The minimum Gasteiger partial charge on any atom is -0.145 e. The molecule has 0 aliphatic rings. The monoisotopic (exact) mass is 294 g/mol. The SMILES string of the molecule is CCCCCCC(CC)Cc1c(C)sc(C)c1CCC. The van der Waals surface area contributed by atoms with Crippen LogP contribution in [0.4, 0.5) is 0 Å². The van der Waals surface area contributed by atoms with Crippen LogP contribution < -0.4 is 0 Å². The Kier molecular flexibility index (Phi) is 8.52. The van der Waals surface area contributed by atoms with Crippen molar-refractivity contribution in [1.29, 1.82) is 0 Å². The Bertz CT molecular complexity index is 375. The molecule has 0 saturated heterocycles. The van der Waals surface area contributed by atoms with E-state index in [-0.39, 0.29) is 0 Å². The summed E-state index contributed by atoms with van der Waals surface area (Å²) >= 11 is 2.02. The fourth-order valence-corrected chi connectivity index (χ4v) is 4.36. The average molecular weight is 295 g/mol. The Labute approximate surface area is 131 Å². The molecule has 0 bridgehead atoms. The second-order valence-electron chi connectivity index (χ2n) is 6.25. The van der Waals surface area contributed by atoms with E-state index in [9.17, 15) is 0 Å². The van der Waals surface area contributed by atoms with Gasteiger partial charge in [0.05, 0.1) is 0 Å². The Balaban J connectivity index is 2.64. The van der Waals surface area contributed by atoms with Gasteiger partial charge in [0.25, 0.3) is 0 Å². The molecule has 1 unspecified atom stereocenters. The number of thiophene rings is 1. The Morgan fingerprint density at radius 2 is 1.55 bits per heavy atom. The van der Waals surface area contributed by atoms with E-state index >= 15 is 0 Å². The zero-order valence-corrected chi connectivity index (χ0v) is 15.2. The van der Waals surface area contributed by atoms with Gasteiger partial charge in [-0.05, 0) is 43.7 Å². The summed E-state index contributed by atoms with van der Waals surface area (Å²) in [5.41, 5.74) is 3.39. The third kappa shape index (κ3) is 5.24. The van der Waals surface area contributed by atoms with E-state index in [1.165, 1.54) is 57.8 Å². The van der Waals surface area contributed by atoms with Crippen molar-refractivity contribution < 1.29 is 0 Å². The van der Waals surface area contributed by atoms with Crippen LogP contribution in [-0.4, -0.2) is 0 Å². The molecule has 1 rings (SSSR count). The molecule has 0 aromatic carbocycles. The summed E-state index contributed by atoms with van der Waals surface area (Å²) in [6, 6.07) is 0. The first-order valence-corrected chi connectivity index (χ1v) is 9.53. The van der Waals surface area contributed by atoms with E-state index in [1.54, 1.807) is 20.9 Å². The fourth-order valence-electron chi connectivity index (χ4n) is 3.22. The smallest absolute Gasteiger partial charge is 0.00519 e. The molecular formula is C19H34S. The molecule has 0 amide bonds. The van der Waals surface area contributed by atoms with Crippen molar-refractivity contribution in [2.24, 2.45) is 5.92 Å². The number of unbranched alkanes of at least 4 members (excludes halogenated alkanes) is 3. The summed E-state index contributed by atoms with van der Waals surface area (Å²) < 4.78 is 0. The highest BCUT2D eigenvalue weighted by atomic mass is 32.1. The third-order valence-electron chi connectivity index (χ3n) is 4.56. The van der Waals surface area contributed by atoms with Crippen LogP contribution in [-0.2, 0) is 12.8 Å². The zero-order chi connectivity index (χ0) is 15.0. The number of aryl methyl sites for hydroxylation is 2. The number of hydrogen-bond acceptors (Lipinski definition) is 1. The molecule has 1 aromatic rings. The predicted molar refractivity (Wildman–Crippen MR) is 94.0 cm³/mol. The lowest BCUT2D eigenvalue weighted by Gasteiger charge is -2.16. The molecule has 20 heavy (non-hydrogen) atoms. The number of rotatable bonds is 10. The van der Waals surface area contributed by atoms with E-state index in [1.807, 2.05) is 11.3 Å². The summed E-state index contributed by atoms with van der Waals surface area (Å²) in [7, 11) is 0. The van der Waals surface area contributed by atoms with Gasteiger partial charge in [-0.25, -0.2) is 0 Å². The van der Waals surface area contributed by atoms with Crippen molar-refractivity contribution in [3.63, 3.8) is 0 Å². The van der Waals surface area contributed by atoms with Gasteiger partial charge in [0.1, 0.15) is 0 Å². The summed E-state index contributed by atoms with van der Waals surface area (Å²) in [5.74, 6) is 0.898. The largest absolute Gasteiger partial charge is 0.145 e. The van der Waals surface area contributed by atoms with Crippen molar-refractivity contribution in [3.05, 3.63) is 20.9 Å². The van der Waals surface area contributed by atoms with Crippen molar-refractivity contribution >= 4 is 11.3 Å². The van der Waals surface area contributed by atoms with Gasteiger partial charge < -0.3 is 0 Å². The van der Waals surface area contributed by atoms with Gasteiger partial charge in [-0.15, -0.1) is 11.3 Å². The molecule has 0 saturated carbocycles. The molecule has 0 aliphatic carbocycles. The van der Waals surface area contributed by atoms with Crippen LogP contribution in [0.1, 0.15) is 86.6 Å². The summed E-state index contributed by atoms with van der Waals surface area (Å²) in [5, 5.41) is 0. The van der Waals surface area contributed by atoms with Crippen LogP contribution in [0.5, 0.6) is 0 Å². The van der Waals surface area contributed by atoms with Gasteiger partial charge in [0, 0.05) is 9.75 Å². The van der Waals surface area contributed by atoms with Crippen molar-refractivity contribution in [3.8, 4) is 0 Å². The fraction of sp³-hybridized carbons (Fsp3) is 0.789. The molecule has 116 valence electrons. The molecule has 0 N–H and O–H groups in total.